The molecule has 1 aromatic carbocycles. The first-order valence-electron chi connectivity index (χ1n) is 6.90. The van der Waals surface area contributed by atoms with Gasteiger partial charge in [0, 0.05) is 18.2 Å². The fourth-order valence-electron chi connectivity index (χ4n) is 3.23. The third-order valence-electron chi connectivity index (χ3n) is 4.39. The lowest BCUT2D eigenvalue weighted by Gasteiger charge is -2.37. The van der Waals surface area contributed by atoms with Crippen LogP contribution in [-0.4, -0.2) is 21.2 Å². The van der Waals surface area contributed by atoms with E-state index in [-0.39, 0.29) is 5.41 Å². The van der Waals surface area contributed by atoms with Crippen LogP contribution in [0.3, 0.4) is 0 Å². The second kappa shape index (κ2) is 5.25. The summed E-state index contributed by atoms with van der Waals surface area (Å²) < 4.78 is 23.3. The van der Waals surface area contributed by atoms with E-state index in [0.29, 0.717) is 11.4 Å². The molecule has 4 heteroatoms. The number of hydrogen-bond donors (Lipinski definition) is 1. The maximum absolute atomic E-state index is 11.7. The summed E-state index contributed by atoms with van der Waals surface area (Å²) in [6.45, 7) is 2.51. The van der Waals surface area contributed by atoms with E-state index in [1.165, 1.54) is 31.1 Å². The Kier molecular flexibility index (Phi) is 4.02. The van der Waals surface area contributed by atoms with Gasteiger partial charge in [-0.15, -0.1) is 0 Å². The summed E-state index contributed by atoms with van der Waals surface area (Å²) in [5.74, 6) is 0. The molecule has 0 atom stereocenters. The molecule has 0 amide bonds. The molecular weight excluding hydrogens is 258 g/mol. The summed E-state index contributed by atoms with van der Waals surface area (Å²) in [5.41, 5.74) is 8.12. The fraction of sp³-hybridized carbons (Fsp3) is 0.600. The highest BCUT2D eigenvalue weighted by molar-refractivity contribution is 7.90. The maximum Gasteiger partial charge on any atom is 0.175 e. The minimum Gasteiger partial charge on any atom is -0.330 e. The van der Waals surface area contributed by atoms with Crippen molar-refractivity contribution in [3.8, 4) is 0 Å². The maximum atomic E-state index is 11.7. The minimum absolute atomic E-state index is 0.0546. The molecule has 2 N–H and O–H groups in total. The van der Waals surface area contributed by atoms with Gasteiger partial charge in [0.2, 0.25) is 0 Å². The Hall–Kier alpha value is -0.870. The number of sulfone groups is 1. The molecule has 0 radical (unpaired) electrons. The molecule has 2 rings (SSSR count). The van der Waals surface area contributed by atoms with Crippen LogP contribution in [0, 0.1) is 6.92 Å². The topological polar surface area (TPSA) is 60.2 Å². The van der Waals surface area contributed by atoms with Gasteiger partial charge < -0.3 is 5.73 Å². The van der Waals surface area contributed by atoms with Crippen molar-refractivity contribution < 1.29 is 8.42 Å². The Balaban J connectivity index is 2.43. The van der Waals surface area contributed by atoms with Gasteiger partial charge in [-0.05, 0) is 37.0 Å². The lowest BCUT2D eigenvalue weighted by molar-refractivity contribution is 0.300. The molecule has 0 aliphatic heterocycles. The second-order valence-electron chi connectivity index (χ2n) is 5.80. The Labute approximate surface area is 116 Å². The second-order valence-corrected chi connectivity index (χ2v) is 7.78. The van der Waals surface area contributed by atoms with Crippen LogP contribution in [0.15, 0.2) is 23.1 Å². The summed E-state index contributed by atoms with van der Waals surface area (Å²) in [4.78, 5) is 0.430. The van der Waals surface area contributed by atoms with Gasteiger partial charge >= 0.3 is 0 Å². The van der Waals surface area contributed by atoms with Crippen molar-refractivity contribution >= 4 is 9.84 Å². The van der Waals surface area contributed by atoms with Gasteiger partial charge in [-0.1, -0.05) is 31.4 Å². The third kappa shape index (κ3) is 2.84. The van der Waals surface area contributed by atoms with Gasteiger partial charge in [-0.2, -0.15) is 0 Å². The summed E-state index contributed by atoms with van der Waals surface area (Å²) in [6, 6.07) is 5.72. The lowest BCUT2D eigenvalue weighted by Crippen LogP contribution is -2.37. The molecule has 1 fully saturated rings. The van der Waals surface area contributed by atoms with E-state index in [1.54, 1.807) is 6.07 Å². The van der Waals surface area contributed by atoms with Gasteiger partial charge in [0.15, 0.2) is 9.84 Å². The predicted octanol–water partition coefficient (Wildman–Crippen LogP) is 2.56. The van der Waals surface area contributed by atoms with E-state index < -0.39 is 9.84 Å². The first-order valence-corrected chi connectivity index (χ1v) is 8.79. The lowest BCUT2D eigenvalue weighted by atomic mass is 9.69. The normalized spacial score (nSPS) is 19.3. The van der Waals surface area contributed by atoms with Gasteiger partial charge in [0.05, 0.1) is 4.90 Å². The molecule has 1 aromatic rings. The number of nitrogens with two attached hydrogens (primary N) is 1. The Morgan fingerprint density at radius 3 is 2.32 bits per heavy atom. The molecule has 1 aliphatic carbocycles. The number of aryl methyl sites for hydroxylation is 1. The zero-order chi connectivity index (χ0) is 14.1. The smallest absolute Gasteiger partial charge is 0.175 e. The Bertz CT molecular complexity index is 558. The first-order chi connectivity index (χ1) is 8.89. The van der Waals surface area contributed by atoms with Crippen molar-refractivity contribution in [1.82, 2.24) is 0 Å². The summed E-state index contributed by atoms with van der Waals surface area (Å²) in [6.07, 6.45) is 7.19. The van der Waals surface area contributed by atoms with Gasteiger partial charge in [-0.3, -0.25) is 0 Å². The first kappa shape index (κ1) is 14.5. The zero-order valence-corrected chi connectivity index (χ0v) is 12.6. The molecule has 0 bridgehead atoms. The Morgan fingerprint density at radius 2 is 1.84 bits per heavy atom. The minimum atomic E-state index is -3.14. The summed E-state index contributed by atoms with van der Waals surface area (Å²) in [7, 11) is -3.14. The fourth-order valence-corrected chi connectivity index (χ4v) is 4.19. The van der Waals surface area contributed by atoms with Gasteiger partial charge in [0.1, 0.15) is 0 Å². The molecule has 19 heavy (non-hydrogen) atoms. The van der Waals surface area contributed by atoms with E-state index in [0.717, 1.165) is 18.4 Å². The van der Waals surface area contributed by atoms with E-state index in [1.807, 2.05) is 19.1 Å². The van der Waals surface area contributed by atoms with Crippen LogP contribution in [0.5, 0.6) is 0 Å². The molecule has 0 saturated heterocycles. The average molecular weight is 281 g/mol. The van der Waals surface area contributed by atoms with Crippen molar-refractivity contribution in [2.24, 2.45) is 5.73 Å². The average Bonchev–Trinajstić information content (AvgIpc) is 2.38. The van der Waals surface area contributed by atoms with Gasteiger partial charge in [-0.25, -0.2) is 8.42 Å². The van der Waals surface area contributed by atoms with E-state index in [9.17, 15) is 8.42 Å². The molecule has 106 valence electrons. The van der Waals surface area contributed by atoms with Crippen molar-refractivity contribution in [2.75, 3.05) is 12.8 Å². The van der Waals surface area contributed by atoms with Crippen molar-refractivity contribution in [2.45, 2.75) is 49.3 Å². The van der Waals surface area contributed by atoms with Crippen LogP contribution < -0.4 is 5.73 Å². The summed E-state index contributed by atoms with van der Waals surface area (Å²) >= 11 is 0. The SMILES string of the molecule is Cc1cc(C2(CN)CCCCC2)ccc1S(C)(=O)=O. The van der Waals surface area contributed by atoms with Crippen LogP contribution >= 0.6 is 0 Å². The van der Waals surface area contributed by atoms with Crippen LogP contribution in [0.1, 0.15) is 43.2 Å². The van der Waals surface area contributed by atoms with Crippen molar-refractivity contribution in [3.05, 3.63) is 29.3 Å². The number of benzene rings is 1. The molecule has 0 heterocycles. The highest BCUT2D eigenvalue weighted by Gasteiger charge is 2.32. The molecule has 0 aromatic heterocycles. The van der Waals surface area contributed by atoms with E-state index >= 15 is 0 Å². The zero-order valence-electron chi connectivity index (χ0n) is 11.8. The van der Waals surface area contributed by atoms with Crippen molar-refractivity contribution in [3.63, 3.8) is 0 Å². The molecular formula is C15H23NO2S. The van der Waals surface area contributed by atoms with Gasteiger partial charge in [0.25, 0.3) is 0 Å². The highest BCUT2D eigenvalue weighted by atomic mass is 32.2. The monoisotopic (exact) mass is 281 g/mol. The largest absolute Gasteiger partial charge is 0.330 e. The molecule has 3 nitrogen and oxygen atoms in total. The quantitative estimate of drug-likeness (QED) is 0.926. The van der Waals surface area contributed by atoms with Crippen LogP contribution in [0.4, 0.5) is 0 Å². The van der Waals surface area contributed by atoms with Crippen molar-refractivity contribution in [1.29, 1.82) is 0 Å². The molecule has 1 saturated carbocycles. The standard InChI is InChI=1S/C15H23NO2S/c1-12-10-13(6-7-14(12)19(2,17)18)15(11-16)8-4-3-5-9-15/h6-7,10H,3-5,8-9,11,16H2,1-2H3. The van der Waals surface area contributed by atoms with E-state index in [4.69, 9.17) is 5.73 Å². The highest BCUT2D eigenvalue weighted by Crippen LogP contribution is 2.39. The summed E-state index contributed by atoms with van der Waals surface area (Å²) in [5, 5.41) is 0. The number of hydrogen-bond acceptors (Lipinski definition) is 3. The molecule has 0 unspecified atom stereocenters. The predicted molar refractivity (Wildman–Crippen MR) is 78.1 cm³/mol. The van der Waals surface area contributed by atoms with E-state index in [2.05, 4.69) is 0 Å². The number of rotatable bonds is 3. The molecule has 1 aliphatic rings. The Morgan fingerprint density at radius 1 is 1.21 bits per heavy atom. The third-order valence-corrected chi connectivity index (χ3v) is 5.65. The molecule has 0 spiro atoms. The van der Waals surface area contributed by atoms with Crippen LogP contribution in [0.2, 0.25) is 0 Å². The van der Waals surface area contributed by atoms with Crippen LogP contribution in [0.25, 0.3) is 0 Å². The van der Waals surface area contributed by atoms with Crippen LogP contribution in [-0.2, 0) is 15.3 Å².